The van der Waals surface area contributed by atoms with Gasteiger partial charge in [-0.3, -0.25) is 0 Å². The van der Waals surface area contributed by atoms with Crippen molar-refractivity contribution < 1.29 is 21.9 Å². The van der Waals surface area contributed by atoms with Gasteiger partial charge in [-0.1, -0.05) is 6.07 Å². The van der Waals surface area contributed by atoms with Crippen molar-refractivity contribution in [3.05, 3.63) is 23.8 Å². The molecule has 4 heteroatoms. The average Bonchev–Trinajstić information content (AvgIpc) is 2.23. The van der Waals surface area contributed by atoms with Crippen LogP contribution in [0.5, 0.6) is 11.5 Å². The van der Waals surface area contributed by atoms with Gasteiger partial charge in [0.2, 0.25) is 0 Å². The largest absolute Gasteiger partial charge is 1.00 e. The van der Waals surface area contributed by atoms with Crippen LogP contribution in [0.2, 0.25) is 0 Å². The molecule has 0 aliphatic heterocycles. The number of nitrogens with one attached hydrogen (secondary N) is 1. The third kappa shape index (κ3) is 4.29. The summed E-state index contributed by atoms with van der Waals surface area (Å²) in [4.78, 5) is 0. The van der Waals surface area contributed by atoms with Gasteiger partial charge in [-0.05, 0) is 38.6 Å². The molecule has 0 saturated carbocycles. The molecule has 0 heterocycles. The van der Waals surface area contributed by atoms with E-state index in [1.807, 2.05) is 39.1 Å². The van der Waals surface area contributed by atoms with Gasteiger partial charge >= 0.3 is 0 Å². The van der Waals surface area contributed by atoms with Crippen LogP contribution >= 0.6 is 0 Å². The third-order valence-corrected chi connectivity index (χ3v) is 1.99. The van der Waals surface area contributed by atoms with Crippen molar-refractivity contribution >= 4 is 0 Å². The lowest BCUT2D eigenvalue weighted by Crippen LogP contribution is -3.00. The van der Waals surface area contributed by atoms with E-state index in [2.05, 4.69) is 5.32 Å². The Morgan fingerprint density at radius 2 is 1.69 bits per heavy atom. The van der Waals surface area contributed by atoms with E-state index in [1.54, 1.807) is 0 Å². The first-order valence-corrected chi connectivity index (χ1v) is 5.34. The molecule has 1 rings (SSSR count). The Bertz CT molecular complexity index is 305. The molecule has 0 saturated heterocycles. The third-order valence-electron chi connectivity index (χ3n) is 1.99. The zero-order chi connectivity index (χ0) is 11.1. The molecule has 1 aromatic rings. The van der Waals surface area contributed by atoms with Crippen LogP contribution in [-0.4, -0.2) is 20.3 Å². The Hall–Kier alpha value is -0.930. The lowest BCUT2D eigenvalue weighted by Gasteiger charge is -2.12. The molecule has 0 fully saturated rings. The zero-order valence-electron chi connectivity index (χ0n) is 10.0. The average molecular weight is 245 g/mol. The van der Waals surface area contributed by atoms with E-state index in [9.17, 15) is 0 Å². The van der Waals surface area contributed by atoms with E-state index in [0.29, 0.717) is 13.2 Å². The fraction of sp³-hybridized carbons (Fsp3) is 0.500. The highest BCUT2D eigenvalue weighted by molar-refractivity contribution is 5.43. The summed E-state index contributed by atoms with van der Waals surface area (Å²) in [6.07, 6.45) is 0. The van der Waals surface area contributed by atoms with Crippen molar-refractivity contribution in [3.8, 4) is 11.5 Å². The molecule has 0 aliphatic carbocycles. The molecule has 1 N–H and O–H groups in total. The van der Waals surface area contributed by atoms with Crippen LogP contribution in [0.15, 0.2) is 18.2 Å². The summed E-state index contributed by atoms with van der Waals surface area (Å²) in [5.74, 6) is 1.64. The minimum Gasteiger partial charge on any atom is -1.00 e. The van der Waals surface area contributed by atoms with E-state index < -0.39 is 0 Å². The summed E-state index contributed by atoms with van der Waals surface area (Å²) in [6, 6.07) is 6.02. The molecule has 0 amide bonds. The second kappa shape index (κ2) is 8.25. The van der Waals surface area contributed by atoms with Crippen LogP contribution in [-0.2, 0) is 6.54 Å². The summed E-state index contributed by atoms with van der Waals surface area (Å²) in [5.41, 5.74) is 1.20. The fourth-order valence-corrected chi connectivity index (χ4v) is 1.41. The smallest absolute Gasteiger partial charge is 0.161 e. The molecule has 0 radical (unpaired) electrons. The Morgan fingerprint density at radius 3 is 2.25 bits per heavy atom. The number of benzene rings is 1. The van der Waals surface area contributed by atoms with Gasteiger partial charge in [0.15, 0.2) is 11.5 Å². The minimum atomic E-state index is 0. The standard InChI is InChI=1S/C12H19NO2.ClH/c1-4-14-11-7-6-10(9-13-3)8-12(11)15-5-2;/h6-8,13H,4-5,9H2,1-3H3;1H/p-1. The summed E-state index contributed by atoms with van der Waals surface area (Å²) >= 11 is 0. The summed E-state index contributed by atoms with van der Waals surface area (Å²) in [7, 11) is 1.93. The quantitative estimate of drug-likeness (QED) is 0.712. The Kier molecular flexibility index (Phi) is 7.77. The van der Waals surface area contributed by atoms with Crippen molar-refractivity contribution in [1.29, 1.82) is 0 Å². The maximum absolute atomic E-state index is 5.52. The lowest BCUT2D eigenvalue weighted by molar-refractivity contribution is -0.00000418. The first kappa shape index (κ1) is 15.1. The van der Waals surface area contributed by atoms with Crippen molar-refractivity contribution in [1.82, 2.24) is 5.32 Å². The second-order valence-corrected chi connectivity index (χ2v) is 3.18. The number of ether oxygens (including phenoxy) is 2. The van der Waals surface area contributed by atoms with Gasteiger partial charge < -0.3 is 27.2 Å². The van der Waals surface area contributed by atoms with Gasteiger partial charge in [-0.25, -0.2) is 0 Å². The summed E-state index contributed by atoms with van der Waals surface area (Å²) < 4.78 is 11.0. The zero-order valence-corrected chi connectivity index (χ0v) is 10.8. The minimum absolute atomic E-state index is 0. The molecule has 0 aromatic heterocycles. The number of halogens is 1. The first-order valence-electron chi connectivity index (χ1n) is 5.34. The molecule has 1 aromatic carbocycles. The molecule has 0 spiro atoms. The van der Waals surface area contributed by atoms with Crippen LogP contribution in [0, 0.1) is 0 Å². The highest BCUT2D eigenvalue weighted by Crippen LogP contribution is 2.28. The molecule has 92 valence electrons. The molecule has 0 bridgehead atoms. The van der Waals surface area contributed by atoms with Gasteiger partial charge in [0.25, 0.3) is 0 Å². The number of hydrogen-bond acceptors (Lipinski definition) is 3. The van der Waals surface area contributed by atoms with Gasteiger partial charge in [0, 0.05) is 6.54 Å². The highest BCUT2D eigenvalue weighted by Gasteiger charge is 2.05. The van der Waals surface area contributed by atoms with E-state index in [0.717, 1.165) is 18.0 Å². The maximum Gasteiger partial charge on any atom is 0.161 e. The van der Waals surface area contributed by atoms with E-state index in [-0.39, 0.29) is 12.4 Å². The molecule has 16 heavy (non-hydrogen) atoms. The van der Waals surface area contributed by atoms with Crippen LogP contribution in [0.3, 0.4) is 0 Å². The Labute approximate surface area is 104 Å². The summed E-state index contributed by atoms with van der Waals surface area (Å²) in [6.45, 7) is 6.10. The van der Waals surface area contributed by atoms with Crippen LogP contribution in [0.25, 0.3) is 0 Å². The molecular formula is C12H19ClNO2-. The van der Waals surface area contributed by atoms with E-state index >= 15 is 0 Å². The second-order valence-electron chi connectivity index (χ2n) is 3.18. The lowest BCUT2D eigenvalue weighted by atomic mass is 10.2. The SMILES string of the molecule is CCOc1ccc(CNC)cc1OCC.[Cl-]. The normalized spacial score (nSPS) is 9.44. The number of rotatable bonds is 6. The van der Waals surface area contributed by atoms with Crippen molar-refractivity contribution in [3.63, 3.8) is 0 Å². The van der Waals surface area contributed by atoms with Crippen LogP contribution < -0.4 is 27.2 Å². The maximum atomic E-state index is 5.52. The van der Waals surface area contributed by atoms with Crippen molar-refractivity contribution in [2.45, 2.75) is 20.4 Å². The highest BCUT2D eigenvalue weighted by atomic mass is 35.5. The van der Waals surface area contributed by atoms with Crippen molar-refractivity contribution in [2.75, 3.05) is 20.3 Å². The van der Waals surface area contributed by atoms with Crippen LogP contribution in [0.1, 0.15) is 19.4 Å². The fourth-order valence-electron chi connectivity index (χ4n) is 1.41. The van der Waals surface area contributed by atoms with E-state index in [4.69, 9.17) is 9.47 Å². The monoisotopic (exact) mass is 244 g/mol. The predicted octanol–water partition coefficient (Wildman–Crippen LogP) is -0.793. The van der Waals surface area contributed by atoms with E-state index in [1.165, 1.54) is 5.56 Å². The number of hydrogen-bond donors (Lipinski definition) is 1. The molecule has 0 atom stereocenters. The van der Waals surface area contributed by atoms with Gasteiger partial charge in [-0.15, -0.1) is 0 Å². The van der Waals surface area contributed by atoms with Crippen molar-refractivity contribution in [2.24, 2.45) is 0 Å². The molecule has 0 aliphatic rings. The van der Waals surface area contributed by atoms with Gasteiger partial charge in [0.05, 0.1) is 13.2 Å². The Morgan fingerprint density at radius 1 is 1.06 bits per heavy atom. The topological polar surface area (TPSA) is 30.5 Å². The van der Waals surface area contributed by atoms with Gasteiger partial charge in [0.1, 0.15) is 0 Å². The van der Waals surface area contributed by atoms with Crippen LogP contribution in [0.4, 0.5) is 0 Å². The van der Waals surface area contributed by atoms with Gasteiger partial charge in [-0.2, -0.15) is 0 Å². The predicted molar refractivity (Wildman–Crippen MR) is 61.5 cm³/mol. The molecule has 3 nitrogen and oxygen atoms in total. The first-order chi connectivity index (χ1) is 7.31. The Balaban J connectivity index is 0.00000225. The summed E-state index contributed by atoms with van der Waals surface area (Å²) in [5, 5.41) is 3.11. The molecular weight excluding hydrogens is 226 g/mol. The molecule has 0 unspecified atom stereocenters.